The first-order chi connectivity index (χ1) is 13.2. The molecular formula is C22H27FN2O2. The number of rotatable bonds is 4. The van der Waals surface area contributed by atoms with Gasteiger partial charge in [-0.15, -0.1) is 0 Å². The van der Waals surface area contributed by atoms with Crippen molar-refractivity contribution in [1.82, 2.24) is 9.88 Å². The van der Waals surface area contributed by atoms with E-state index in [-0.39, 0.29) is 17.7 Å². The van der Waals surface area contributed by atoms with Gasteiger partial charge in [-0.2, -0.15) is 0 Å². The van der Waals surface area contributed by atoms with Gasteiger partial charge in [0.25, 0.3) is 0 Å². The van der Waals surface area contributed by atoms with Gasteiger partial charge in [-0.25, -0.2) is 9.37 Å². The van der Waals surface area contributed by atoms with E-state index in [0.717, 1.165) is 43.6 Å². The number of halogens is 1. The first-order valence-corrected chi connectivity index (χ1v) is 10.2. The Morgan fingerprint density at radius 2 is 2.04 bits per heavy atom. The maximum atomic E-state index is 13.4. The Hall–Kier alpha value is -2.17. The van der Waals surface area contributed by atoms with Crippen LogP contribution in [0.5, 0.6) is 0 Å². The van der Waals surface area contributed by atoms with E-state index in [1.165, 1.54) is 31.4 Å². The lowest BCUT2D eigenvalue weighted by atomic mass is 9.87. The SMILES string of the molecule is O=C(C1CCCCC1)N1CCC[C@H](c2ncc(Cc3cccc(F)c3)o2)C1. The Balaban J connectivity index is 1.39. The van der Waals surface area contributed by atoms with Gasteiger partial charge in [0.1, 0.15) is 11.6 Å². The lowest BCUT2D eigenvalue weighted by molar-refractivity contribution is -0.137. The summed E-state index contributed by atoms with van der Waals surface area (Å²) in [6.45, 7) is 1.55. The normalized spacial score (nSPS) is 21.4. The molecular weight excluding hydrogens is 343 g/mol. The smallest absolute Gasteiger partial charge is 0.225 e. The first-order valence-electron chi connectivity index (χ1n) is 10.2. The van der Waals surface area contributed by atoms with Gasteiger partial charge in [0, 0.05) is 25.4 Å². The van der Waals surface area contributed by atoms with Crippen molar-refractivity contribution in [1.29, 1.82) is 0 Å². The Kier molecular flexibility index (Phi) is 5.55. The predicted octanol–water partition coefficient (Wildman–Crippen LogP) is 4.69. The van der Waals surface area contributed by atoms with E-state index in [1.54, 1.807) is 12.3 Å². The van der Waals surface area contributed by atoms with E-state index in [4.69, 9.17) is 4.42 Å². The highest BCUT2D eigenvalue weighted by Gasteiger charge is 2.31. The van der Waals surface area contributed by atoms with Crippen molar-refractivity contribution in [3.63, 3.8) is 0 Å². The highest BCUT2D eigenvalue weighted by molar-refractivity contribution is 5.79. The highest BCUT2D eigenvalue weighted by Crippen LogP contribution is 2.31. The number of piperidine rings is 1. The molecule has 1 aromatic carbocycles. The van der Waals surface area contributed by atoms with Gasteiger partial charge in [-0.1, -0.05) is 31.4 Å². The van der Waals surface area contributed by atoms with Crippen LogP contribution < -0.4 is 0 Å². The van der Waals surface area contributed by atoms with E-state index in [9.17, 15) is 9.18 Å². The van der Waals surface area contributed by atoms with Gasteiger partial charge in [0.2, 0.25) is 5.91 Å². The molecule has 144 valence electrons. The lowest BCUT2D eigenvalue weighted by Crippen LogP contribution is -2.42. The Labute approximate surface area is 159 Å². The van der Waals surface area contributed by atoms with Crippen LogP contribution in [0.3, 0.4) is 0 Å². The molecule has 0 bridgehead atoms. The number of benzene rings is 1. The van der Waals surface area contributed by atoms with Gasteiger partial charge in [-0.05, 0) is 43.4 Å². The van der Waals surface area contributed by atoms with Crippen molar-refractivity contribution >= 4 is 5.91 Å². The average Bonchev–Trinajstić information content (AvgIpc) is 3.17. The van der Waals surface area contributed by atoms with Crippen LogP contribution in [0.15, 0.2) is 34.9 Å². The van der Waals surface area contributed by atoms with Crippen molar-refractivity contribution in [3.05, 3.63) is 53.5 Å². The van der Waals surface area contributed by atoms with E-state index in [2.05, 4.69) is 4.98 Å². The van der Waals surface area contributed by atoms with Gasteiger partial charge in [-0.3, -0.25) is 4.79 Å². The Morgan fingerprint density at radius 1 is 1.19 bits per heavy atom. The molecule has 2 aliphatic rings. The molecule has 0 unspecified atom stereocenters. The zero-order chi connectivity index (χ0) is 18.6. The molecule has 2 heterocycles. The Morgan fingerprint density at radius 3 is 2.85 bits per heavy atom. The molecule has 4 rings (SSSR count). The van der Waals surface area contributed by atoms with Gasteiger partial charge < -0.3 is 9.32 Å². The first kappa shape index (κ1) is 18.2. The topological polar surface area (TPSA) is 46.3 Å². The fourth-order valence-corrected chi connectivity index (χ4v) is 4.43. The molecule has 27 heavy (non-hydrogen) atoms. The number of amides is 1. The van der Waals surface area contributed by atoms with Crippen LogP contribution in [0.2, 0.25) is 0 Å². The molecule has 1 saturated carbocycles. The van der Waals surface area contributed by atoms with Gasteiger partial charge in [0.15, 0.2) is 5.89 Å². The van der Waals surface area contributed by atoms with Crippen LogP contribution in [0.1, 0.15) is 68.1 Å². The van der Waals surface area contributed by atoms with E-state index in [0.29, 0.717) is 24.8 Å². The largest absolute Gasteiger partial charge is 0.445 e. The quantitative estimate of drug-likeness (QED) is 0.784. The second-order valence-corrected chi connectivity index (χ2v) is 7.93. The second kappa shape index (κ2) is 8.24. The maximum Gasteiger partial charge on any atom is 0.225 e. The number of oxazole rings is 1. The predicted molar refractivity (Wildman–Crippen MR) is 101 cm³/mol. The number of carbonyl (C=O) groups is 1. The van der Waals surface area contributed by atoms with Crippen molar-refractivity contribution in [3.8, 4) is 0 Å². The van der Waals surface area contributed by atoms with Gasteiger partial charge >= 0.3 is 0 Å². The molecule has 1 atom stereocenters. The number of aromatic nitrogens is 1. The van der Waals surface area contributed by atoms with Crippen molar-refractivity contribution in [2.45, 2.75) is 57.3 Å². The average molecular weight is 370 g/mol. The van der Waals surface area contributed by atoms with Crippen molar-refractivity contribution in [2.24, 2.45) is 5.92 Å². The van der Waals surface area contributed by atoms with Crippen LogP contribution in [0.4, 0.5) is 4.39 Å². The lowest BCUT2D eigenvalue weighted by Gasteiger charge is -2.34. The summed E-state index contributed by atoms with van der Waals surface area (Å²) >= 11 is 0. The van der Waals surface area contributed by atoms with Gasteiger partial charge in [0.05, 0.1) is 12.1 Å². The van der Waals surface area contributed by atoms with Crippen molar-refractivity contribution < 1.29 is 13.6 Å². The molecule has 1 aliphatic carbocycles. The number of nitrogens with zero attached hydrogens (tertiary/aromatic N) is 2. The molecule has 0 spiro atoms. The molecule has 1 amide bonds. The fourth-order valence-electron chi connectivity index (χ4n) is 4.43. The molecule has 2 fully saturated rings. The summed E-state index contributed by atoms with van der Waals surface area (Å²) in [6, 6.07) is 6.55. The van der Waals surface area contributed by atoms with Crippen LogP contribution in [-0.4, -0.2) is 28.9 Å². The summed E-state index contributed by atoms with van der Waals surface area (Å²) in [4.78, 5) is 19.3. The molecule has 1 saturated heterocycles. The van der Waals surface area contributed by atoms with Crippen LogP contribution >= 0.6 is 0 Å². The molecule has 4 nitrogen and oxygen atoms in total. The molecule has 0 radical (unpaired) electrons. The molecule has 2 aromatic rings. The zero-order valence-corrected chi connectivity index (χ0v) is 15.7. The standard InChI is InChI=1S/C22H27FN2O2/c23-19-10-4-6-16(12-19)13-20-14-24-21(27-20)18-9-5-11-25(15-18)22(26)17-7-2-1-3-8-17/h4,6,10,12,14,17-18H,1-3,5,7-9,11,13,15H2/t18-/m0/s1. The van der Waals surface area contributed by atoms with Crippen LogP contribution in [0, 0.1) is 11.7 Å². The summed E-state index contributed by atoms with van der Waals surface area (Å²) in [5, 5.41) is 0. The third-order valence-electron chi connectivity index (χ3n) is 5.88. The van der Waals surface area contributed by atoms with Crippen LogP contribution in [-0.2, 0) is 11.2 Å². The maximum absolute atomic E-state index is 13.4. The molecule has 0 N–H and O–H groups in total. The molecule has 1 aliphatic heterocycles. The molecule has 5 heteroatoms. The van der Waals surface area contributed by atoms with Crippen molar-refractivity contribution in [2.75, 3.05) is 13.1 Å². The summed E-state index contributed by atoms with van der Waals surface area (Å²) in [5.74, 6) is 1.91. The van der Waals surface area contributed by atoms with Crippen LogP contribution in [0.25, 0.3) is 0 Å². The second-order valence-electron chi connectivity index (χ2n) is 7.93. The minimum absolute atomic E-state index is 0.160. The minimum atomic E-state index is -0.239. The third-order valence-corrected chi connectivity index (χ3v) is 5.88. The summed E-state index contributed by atoms with van der Waals surface area (Å²) in [7, 11) is 0. The molecule has 1 aromatic heterocycles. The zero-order valence-electron chi connectivity index (χ0n) is 15.7. The minimum Gasteiger partial charge on any atom is -0.445 e. The number of carbonyl (C=O) groups excluding carboxylic acids is 1. The van der Waals surface area contributed by atoms with E-state index >= 15 is 0 Å². The number of likely N-dealkylation sites (tertiary alicyclic amines) is 1. The number of hydrogen-bond donors (Lipinski definition) is 0. The number of hydrogen-bond acceptors (Lipinski definition) is 3. The summed E-state index contributed by atoms with van der Waals surface area (Å²) < 4.78 is 19.3. The summed E-state index contributed by atoms with van der Waals surface area (Å²) in [6.07, 6.45) is 9.95. The fraction of sp³-hybridized carbons (Fsp3) is 0.545. The monoisotopic (exact) mass is 370 g/mol. The third kappa shape index (κ3) is 4.40. The highest BCUT2D eigenvalue weighted by atomic mass is 19.1. The Bertz CT molecular complexity index is 782. The van der Waals surface area contributed by atoms with E-state index < -0.39 is 0 Å². The summed E-state index contributed by atoms with van der Waals surface area (Å²) in [5.41, 5.74) is 0.871. The van der Waals surface area contributed by atoms with E-state index in [1.807, 2.05) is 11.0 Å².